The van der Waals surface area contributed by atoms with Crippen LogP contribution in [0.25, 0.3) is 0 Å². The Morgan fingerprint density at radius 3 is 1.62 bits per heavy atom. The van der Waals surface area contributed by atoms with Gasteiger partial charge in [-0.15, -0.1) is 0 Å². The molecule has 0 saturated heterocycles. The van der Waals surface area contributed by atoms with E-state index in [0.717, 1.165) is 57.8 Å². The van der Waals surface area contributed by atoms with Gasteiger partial charge in [-0.05, 0) is 12.8 Å². The molecular formula is C20H39NaO7S. The Balaban J connectivity index is 0. The van der Waals surface area contributed by atoms with Crippen LogP contribution in [0.15, 0.2) is 0 Å². The summed E-state index contributed by atoms with van der Waals surface area (Å²) in [4.78, 5) is 23.8. The van der Waals surface area contributed by atoms with Gasteiger partial charge < -0.3 is 9.47 Å². The van der Waals surface area contributed by atoms with E-state index in [2.05, 4.69) is 13.8 Å². The number of ether oxygens (including phenoxy) is 2. The summed E-state index contributed by atoms with van der Waals surface area (Å²) in [5.74, 6) is -1.93. The molecule has 0 aliphatic rings. The SMILES string of the molecule is CCCCCCCCOC(=O)C[C@@H](C(=O)OCCCCCCCC)S(=O)(=O)O.[NaH]. The van der Waals surface area contributed by atoms with Crippen molar-refractivity contribution in [2.24, 2.45) is 0 Å². The average Bonchev–Trinajstić information content (AvgIpc) is 2.63. The van der Waals surface area contributed by atoms with E-state index in [9.17, 15) is 22.6 Å². The van der Waals surface area contributed by atoms with Crippen molar-refractivity contribution in [3.05, 3.63) is 0 Å². The second kappa shape index (κ2) is 19.8. The Morgan fingerprint density at radius 2 is 1.17 bits per heavy atom. The van der Waals surface area contributed by atoms with Crippen molar-refractivity contribution in [1.82, 2.24) is 0 Å². The van der Waals surface area contributed by atoms with Crippen LogP contribution in [0.2, 0.25) is 0 Å². The molecule has 0 spiro atoms. The van der Waals surface area contributed by atoms with Gasteiger partial charge in [0, 0.05) is 0 Å². The molecule has 0 amide bonds. The van der Waals surface area contributed by atoms with Crippen LogP contribution in [0.3, 0.4) is 0 Å². The van der Waals surface area contributed by atoms with E-state index < -0.39 is 33.7 Å². The summed E-state index contributed by atoms with van der Waals surface area (Å²) in [6.45, 7) is 4.50. The summed E-state index contributed by atoms with van der Waals surface area (Å²) in [6, 6.07) is 0. The Labute approximate surface area is 198 Å². The summed E-state index contributed by atoms with van der Waals surface area (Å²) in [7, 11) is -4.73. The van der Waals surface area contributed by atoms with Crippen molar-refractivity contribution < 1.29 is 32.0 Å². The zero-order valence-corrected chi connectivity index (χ0v) is 18.3. The molecule has 9 heteroatoms. The fourth-order valence-corrected chi connectivity index (χ4v) is 3.39. The van der Waals surface area contributed by atoms with Gasteiger partial charge in [0.25, 0.3) is 10.1 Å². The molecular weight excluding hydrogens is 407 g/mol. The Bertz CT molecular complexity index is 523. The molecule has 7 nitrogen and oxygen atoms in total. The maximum atomic E-state index is 12.0. The van der Waals surface area contributed by atoms with Crippen molar-refractivity contribution in [3.8, 4) is 0 Å². The maximum absolute atomic E-state index is 12.0. The predicted octanol–water partition coefficient (Wildman–Crippen LogP) is 3.79. The summed E-state index contributed by atoms with van der Waals surface area (Å²) in [6.07, 6.45) is 11.3. The number of hydrogen-bond donors (Lipinski definition) is 1. The molecule has 0 rings (SSSR count). The standard InChI is InChI=1S/C20H38O7S.Na.H/c1-3-5-7-9-11-13-15-26-19(21)17-18(28(23,24)25)20(22)27-16-14-12-10-8-6-4-2;;/h18H,3-17H2,1-2H3,(H,23,24,25);;/t18-;;/m0../s1. The second-order valence-corrected chi connectivity index (χ2v) is 8.73. The molecule has 0 heterocycles. The van der Waals surface area contributed by atoms with Gasteiger partial charge in [-0.2, -0.15) is 8.42 Å². The van der Waals surface area contributed by atoms with Crippen LogP contribution < -0.4 is 0 Å². The zero-order valence-electron chi connectivity index (χ0n) is 17.5. The summed E-state index contributed by atoms with van der Waals surface area (Å²) in [5, 5.41) is -1.93. The van der Waals surface area contributed by atoms with Crippen LogP contribution in [0, 0.1) is 0 Å². The van der Waals surface area contributed by atoms with Crippen LogP contribution in [-0.4, -0.2) is 72.9 Å². The first-order valence-electron chi connectivity index (χ1n) is 10.6. The van der Waals surface area contributed by atoms with Crippen LogP contribution in [-0.2, 0) is 29.2 Å². The number of rotatable bonds is 18. The molecule has 0 aliphatic carbocycles. The monoisotopic (exact) mass is 446 g/mol. The third-order valence-corrected chi connectivity index (χ3v) is 5.56. The van der Waals surface area contributed by atoms with Crippen LogP contribution in [0.5, 0.6) is 0 Å². The third-order valence-electron chi connectivity index (χ3n) is 4.48. The van der Waals surface area contributed by atoms with E-state index in [0.29, 0.717) is 12.8 Å². The quantitative estimate of drug-likeness (QED) is 0.148. The van der Waals surface area contributed by atoms with Gasteiger partial charge in [-0.25, -0.2) is 0 Å². The first kappa shape index (κ1) is 31.0. The molecule has 0 aliphatic heterocycles. The van der Waals surface area contributed by atoms with Crippen molar-refractivity contribution in [3.63, 3.8) is 0 Å². The number of esters is 2. The number of carbonyl (C=O) groups is 2. The molecule has 0 radical (unpaired) electrons. The third kappa shape index (κ3) is 18.3. The Kier molecular flexibility index (Phi) is 21.2. The molecule has 0 fully saturated rings. The van der Waals surface area contributed by atoms with E-state index in [4.69, 9.17) is 9.47 Å². The van der Waals surface area contributed by atoms with Crippen LogP contribution in [0.4, 0.5) is 0 Å². The van der Waals surface area contributed by atoms with E-state index >= 15 is 0 Å². The van der Waals surface area contributed by atoms with E-state index in [1.54, 1.807) is 0 Å². The van der Waals surface area contributed by atoms with Gasteiger partial charge >= 0.3 is 41.5 Å². The molecule has 1 N–H and O–H groups in total. The van der Waals surface area contributed by atoms with Gasteiger partial charge in [0.15, 0.2) is 5.25 Å². The van der Waals surface area contributed by atoms with E-state index in [-0.39, 0.29) is 42.8 Å². The molecule has 168 valence electrons. The van der Waals surface area contributed by atoms with Crippen molar-refractivity contribution >= 4 is 51.6 Å². The molecule has 1 atom stereocenters. The van der Waals surface area contributed by atoms with Gasteiger partial charge in [0.1, 0.15) is 0 Å². The van der Waals surface area contributed by atoms with Gasteiger partial charge in [-0.3, -0.25) is 14.1 Å². The van der Waals surface area contributed by atoms with Gasteiger partial charge in [-0.1, -0.05) is 78.1 Å². The van der Waals surface area contributed by atoms with E-state index in [1.807, 2.05) is 0 Å². The van der Waals surface area contributed by atoms with Crippen molar-refractivity contribution in [2.45, 2.75) is 103 Å². The summed E-state index contributed by atoms with van der Waals surface area (Å²) >= 11 is 0. The molecule has 0 saturated carbocycles. The average molecular weight is 447 g/mol. The minimum absolute atomic E-state index is 0. The number of hydrogen-bond acceptors (Lipinski definition) is 6. The Morgan fingerprint density at radius 1 is 0.759 bits per heavy atom. The molecule has 0 unspecified atom stereocenters. The first-order chi connectivity index (χ1) is 13.3. The summed E-state index contributed by atoms with van der Waals surface area (Å²) in [5.41, 5.74) is 0. The molecule has 0 aromatic rings. The van der Waals surface area contributed by atoms with Crippen molar-refractivity contribution in [1.29, 1.82) is 0 Å². The molecule has 29 heavy (non-hydrogen) atoms. The second-order valence-electron chi connectivity index (χ2n) is 7.13. The zero-order chi connectivity index (χ0) is 21.3. The normalized spacial score (nSPS) is 12.1. The Hall–Kier alpha value is -0.150. The molecule has 0 aromatic carbocycles. The van der Waals surface area contributed by atoms with Crippen LogP contribution >= 0.6 is 0 Å². The number of unbranched alkanes of at least 4 members (excludes halogenated alkanes) is 10. The van der Waals surface area contributed by atoms with Crippen LogP contribution in [0.1, 0.15) is 97.3 Å². The summed E-state index contributed by atoms with van der Waals surface area (Å²) < 4.78 is 42.0. The molecule has 0 bridgehead atoms. The predicted molar refractivity (Wildman–Crippen MR) is 116 cm³/mol. The first-order valence-corrected chi connectivity index (χ1v) is 12.1. The van der Waals surface area contributed by atoms with Gasteiger partial charge in [0.05, 0.1) is 19.6 Å². The number of carbonyl (C=O) groups excluding carboxylic acids is 2. The van der Waals surface area contributed by atoms with Crippen molar-refractivity contribution in [2.75, 3.05) is 13.2 Å². The minimum atomic E-state index is -4.73. The topological polar surface area (TPSA) is 107 Å². The van der Waals surface area contributed by atoms with E-state index in [1.165, 1.54) is 6.42 Å². The molecule has 0 aromatic heterocycles. The van der Waals surface area contributed by atoms with Gasteiger partial charge in [0.2, 0.25) is 0 Å². The fraction of sp³-hybridized carbons (Fsp3) is 0.900. The fourth-order valence-electron chi connectivity index (χ4n) is 2.74.